The van der Waals surface area contributed by atoms with Gasteiger partial charge in [0.1, 0.15) is 11.1 Å². The van der Waals surface area contributed by atoms with Crippen molar-refractivity contribution in [3.8, 4) is 0 Å². The molecule has 0 radical (unpaired) electrons. The van der Waals surface area contributed by atoms with Gasteiger partial charge in [0.2, 0.25) is 5.91 Å². The normalized spacial score (nSPS) is 12.3. The van der Waals surface area contributed by atoms with E-state index in [9.17, 15) is 9.59 Å². The number of amides is 1. The molecule has 23 heavy (non-hydrogen) atoms. The highest BCUT2D eigenvalue weighted by Crippen LogP contribution is 2.32. The fourth-order valence-corrected chi connectivity index (χ4v) is 3.69. The van der Waals surface area contributed by atoms with E-state index in [1.165, 1.54) is 30.0 Å². The lowest BCUT2D eigenvalue weighted by molar-refractivity contribution is -0.115. The van der Waals surface area contributed by atoms with E-state index in [1.54, 1.807) is 18.5 Å². The minimum Gasteiger partial charge on any atom is -0.451 e. The second-order valence-corrected chi connectivity index (χ2v) is 7.23. The number of benzene rings is 1. The van der Waals surface area contributed by atoms with E-state index in [2.05, 4.69) is 15.5 Å². The predicted molar refractivity (Wildman–Crippen MR) is 90.1 cm³/mol. The van der Waals surface area contributed by atoms with Gasteiger partial charge in [-0.05, 0) is 19.1 Å². The summed E-state index contributed by atoms with van der Waals surface area (Å²) in [5, 5.41) is 10.8. The van der Waals surface area contributed by atoms with Crippen molar-refractivity contribution in [1.82, 2.24) is 10.2 Å². The van der Waals surface area contributed by atoms with Crippen molar-refractivity contribution in [2.75, 3.05) is 5.32 Å². The molecule has 0 unspecified atom stereocenters. The standard InChI is InChI=1S/C15H13N3O3S2/c1-8(19)13-12(10-5-3-4-6-11(10)21-13)17-14(20)9(2)23-15-18-16-7-22-15/h3-7,9H,1-2H3,(H,17,20)/t9-/m1/s1. The number of nitrogens with zero attached hydrogens (tertiary/aromatic N) is 2. The lowest BCUT2D eigenvalue weighted by Crippen LogP contribution is -2.23. The number of ketones is 1. The molecule has 8 heteroatoms. The Labute approximate surface area is 140 Å². The van der Waals surface area contributed by atoms with E-state index in [0.29, 0.717) is 16.7 Å². The Morgan fingerprint density at radius 1 is 1.35 bits per heavy atom. The Bertz CT molecular complexity index is 858. The van der Waals surface area contributed by atoms with E-state index in [-0.39, 0.29) is 22.7 Å². The molecule has 0 aliphatic rings. The first-order valence-electron chi connectivity index (χ1n) is 6.82. The average Bonchev–Trinajstić information content (AvgIpc) is 3.15. The van der Waals surface area contributed by atoms with Crippen LogP contribution in [0.3, 0.4) is 0 Å². The topological polar surface area (TPSA) is 85.1 Å². The van der Waals surface area contributed by atoms with E-state index >= 15 is 0 Å². The molecular weight excluding hydrogens is 334 g/mol. The van der Waals surface area contributed by atoms with Crippen LogP contribution in [-0.4, -0.2) is 27.1 Å². The highest BCUT2D eigenvalue weighted by atomic mass is 32.2. The molecule has 0 spiro atoms. The van der Waals surface area contributed by atoms with Crippen LogP contribution in [0.15, 0.2) is 38.5 Å². The summed E-state index contributed by atoms with van der Waals surface area (Å²) in [5.41, 5.74) is 2.60. The van der Waals surface area contributed by atoms with Crippen LogP contribution in [0.25, 0.3) is 11.0 Å². The first-order chi connectivity index (χ1) is 11.1. The molecule has 1 aromatic carbocycles. The maximum absolute atomic E-state index is 12.4. The molecule has 0 bridgehead atoms. The predicted octanol–water partition coefficient (Wildman–Crippen LogP) is 3.61. The van der Waals surface area contributed by atoms with Crippen LogP contribution in [0.1, 0.15) is 24.4 Å². The first-order valence-corrected chi connectivity index (χ1v) is 8.58. The van der Waals surface area contributed by atoms with Crippen molar-refractivity contribution in [2.45, 2.75) is 23.4 Å². The fraction of sp³-hybridized carbons (Fsp3) is 0.200. The highest BCUT2D eigenvalue weighted by Gasteiger charge is 2.23. The molecule has 1 N–H and O–H groups in total. The van der Waals surface area contributed by atoms with Crippen LogP contribution in [0.4, 0.5) is 5.69 Å². The Morgan fingerprint density at radius 2 is 2.13 bits per heavy atom. The molecule has 6 nitrogen and oxygen atoms in total. The van der Waals surface area contributed by atoms with E-state index < -0.39 is 0 Å². The number of anilines is 1. The first kappa shape index (κ1) is 15.7. The number of Topliss-reactive ketones (excluding diaryl/α,β-unsaturated/α-hetero) is 1. The number of thioether (sulfide) groups is 1. The minimum absolute atomic E-state index is 0.160. The Hall–Kier alpha value is -2.19. The van der Waals surface area contributed by atoms with Gasteiger partial charge in [-0.3, -0.25) is 9.59 Å². The number of aromatic nitrogens is 2. The summed E-state index contributed by atoms with van der Waals surface area (Å²) in [6.45, 7) is 3.18. The summed E-state index contributed by atoms with van der Waals surface area (Å²) in [5.74, 6) is -0.298. The lowest BCUT2D eigenvalue weighted by atomic mass is 10.2. The van der Waals surface area contributed by atoms with Gasteiger partial charge in [0, 0.05) is 12.3 Å². The summed E-state index contributed by atoms with van der Waals surface area (Å²) in [6.07, 6.45) is 0. The number of para-hydroxylation sites is 1. The van der Waals surface area contributed by atoms with Crippen molar-refractivity contribution in [3.05, 3.63) is 35.5 Å². The van der Waals surface area contributed by atoms with Gasteiger partial charge in [-0.15, -0.1) is 10.2 Å². The van der Waals surface area contributed by atoms with Gasteiger partial charge < -0.3 is 9.73 Å². The molecule has 2 heterocycles. The van der Waals surface area contributed by atoms with Crippen LogP contribution < -0.4 is 5.32 Å². The van der Waals surface area contributed by atoms with Crippen molar-refractivity contribution >= 4 is 51.4 Å². The second-order valence-electron chi connectivity index (χ2n) is 4.81. The number of hydrogen-bond acceptors (Lipinski definition) is 7. The van der Waals surface area contributed by atoms with E-state index in [0.717, 1.165) is 4.34 Å². The van der Waals surface area contributed by atoms with Gasteiger partial charge in [0.25, 0.3) is 0 Å². The van der Waals surface area contributed by atoms with Crippen LogP contribution >= 0.6 is 23.1 Å². The summed E-state index contributed by atoms with van der Waals surface area (Å²) in [6, 6.07) is 7.21. The van der Waals surface area contributed by atoms with Crippen molar-refractivity contribution in [1.29, 1.82) is 0 Å². The molecule has 1 atom stereocenters. The summed E-state index contributed by atoms with van der Waals surface area (Å²) < 4.78 is 6.27. The zero-order valence-electron chi connectivity index (χ0n) is 12.4. The van der Waals surface area contributed by atoms with Gasteiger partial charge >= 0.3 is 0 Å². The zero-order valence-corrected chi connectivity index (χ0v) is 14.0. The molecule has 1 amide bonds. The van der Waals surface area contributed by atoms with Crippen LogP contribution in [0.2, 0.25) is 0 Å². The average molecular weight is 347 g/mol. The third-order valence-corrected chi connectivity index (χ3v) is 5.06. The van der Waals surface area contributed by atoms with Gasteiger partial charge in [-0.25, -0.2) is 0 Å². The number of carbonyl (C=O) groups excluding carboxylic acids is 2. The van der Waals surface area contributed by atoms with Crippen molar-refractivity contribution < 1.29 is 14.0 Å². The largest absolute Gasteiger partial charge is 0.451 e. The van der Waals surface area contributed by atoms with Crippen LogP contribution in [0, 0.1) is 0 Å². The molecule has 3 rings (SSSR count). The van der Waals surface area contributed by atoms with Crippen molar-refractivity contribution in [3.63, 3.8) is 0 Å². The number of nitrogens with one attached hydrogen (secondary N) is 1. The maximum Gasteiger partial charge on any atom is 0.237 e. The Kier molecular flexibility index (Phi) is 4.44. The molecule has 3 aromatic rings. The lowest BCUT2D eigenvalue weighted by Gasteiger charge is -2.10. The molecule has 2 aromatic heterocycles. The SMILES string of the molecule is CC(=O)c1oc2ccccc2c1NC(=O)[C@@H](C)Sc1nncs1. The monoisotopic (exact) mass is 347 g/mol. The number of rotatable bonds is 5. The van der Waals surface area contributed by atoms with Crippen LogP contribution in [-0.2, 0) is 4.79 Å². The van der Waals surface area contributed by atoms with Gasteiger partial charge in [0.15, 0.2) is 15.9 Å². The number of carbonyl (C=O) groups is 2. The maximum atomic E-state index is 12.4. The summed E-state index contributed by atoms with van der Waals surface area (Å²) in [7, 11) is 0. The van der Waals surface area contributed by atoms with E-state index in [4.69, 9.17) is 4.42 Å². The van der Waals surface area contributed by atoms with Gasteiger partial charge in [-0.2, -0.15) is 0 Å². The smallest absolute Gasteiger partial charge is 0.237 e. The van der Waals surface area contributed by atoms with Gasteiger partial charge in [0.05, 0.1) is 10.9 Å². The van der Waals surface area contributed by atoms with E-state index in [1.807, 2.05) is 18.2 Å². The number of fused-ring (bicyclic) bond motifs is 1. The van der Waals surface area contributed by atoms with Crippen molar-refractivity contribution in [2.24, 2.45) is 0 Å². The molecule has 0 aliphatic heterocycles. The summed E-state index contributed by atoms with van der Waals surface area (Å²) >= 11 is 2.69. The number of furan rings is 1. The second kappa shape index (κ2) is 6.51. The Balaban J connectivity index is 1.86. The third kappa shape index (κ3) is 3.27. The quantitative estimate of drug-likeness (QED) is 0.560. The highest BCUT2D eigenvalue weighted by molar-refractivity contribution is 8.02. The van der Waals surface area contributed by atoms with Crippen LogP contribution in [0.5, 0.6) is 0 Å². The molecule has 118 valence electrons. The third-order valence-electron chi connectivity index (χ3n) is 3.15. The van der Waals surface area contributed by atoms with Gasteiger partial charge in [-0.1, -0.05) is 35.2 Å². The number of hydrogen-bond donors (Lipinski definition) is 1. The minimum atomic E-state index is -0.378. The fourth-order valence-electron chi connectivity index (χ4n) is 2.06. The molecular formula is C15H13N3O3S2. The molecule has 0 fully saturated rings. The molecule has 0 saturated carbocycles. The molecule has 0 aliphatic carbocycles. The molecule has 0 saturated heterocycles. The zero-order chi connectivity index (χ0) is 16.4. The Morgan fingerprint density at radius 3 is 2.83 bits per heavy atom. The summed E-state index contributed by atoms with van der Waals surface area (Å²) in [4.78, 5) is 24.2.